The minimum absolute atomic E-state index is 0.218. The van der Waals surface area contributed by atoms with Gasteiger partial charge in [0.05, 0.1) is 0 Å². The van der Waals surface area contributed by atoms with Crippen molar-refractivity contribution in [3.05, 3.63) is 42.6 Å². The van der Waals surface area contributed by atoms with Crippen molar-refractivity contribution in [1.82, 2.24) is 25.6 Å². The van der Waals surface area contributed by atoms with Gasteiger partial charge >= 0.3 is 6.03 Å². The van der Waals surface area contributed by atoms with E-state index >= 15 is 0 Å². The first-order chi connectivity index (χ1) is 17.0. The number of hydrogen-bond acceptors (Lipinski definition) is 7. The van der Waals surface area contributed by atoms with Crippen LogP contribution >= 0.6 is 0 Å². The Bertz CT molecular complexity index is 1150. The van der Waals surface area contributed by atoms with Gasteiger partial charge in [-0.25, -0.2) is 14.8 Å². The maximum absolute atomic E-state index is 12.4. The number of benzene rings is 1. The van der Waals surface area contributed by atoms with E-state index in [0.717, 1.165) is 37.0 Å². The van der Waals surface area contributed by atoms with Gasteiger partial charge in [-0.15, -0.1) is 0 Å². The van der Waals surface area contributed by atoms with Crippen LogP contribution in [0.3, 0.4) is 0 Å². The van der Waals surface area contributed by atoms with E-state index in [1.807, 2.05) is 18.2 Å². The Hall–Kier alpha value is -3.46. The summed E-state index contributed by atoms with van der Waals surface area (Å²) in [5.74, 6) is 0.935. The number of pyridine rings is 1. The number of carbonyl (C=O) groups is 1. The van der Waals surface area contributed by atoms with Crippen molar-refractivity contribution in [2.24, 2.45) is 0 Å². The van der Waals surface area contributed by atoms with E-state index in [4.69, 9.17) is 0 Å². The molecule has 1 aromatic carbocycles. The third-order valence-corrected chi connectivity index (χ3v) is 6.67. The van der Waals surface area contributed by atoms with Gasteiger partial charge in [-0.05, 0) is 63.1 Å². The molecule has 3 heterocycles. The number of nitrogens with zero attached hydrogens (tertiary/aromatic N) is 4. The molecule has 0 spiro atoms. The second-order valence-corrected chi connectivity index (χ2v) is 9.78. The van der Waals surface area contributed by atoms with Crippen molar-refractivity contribution < 1.29 is 4.79 Å². The van der Waals surface area contributed by atoms with E-state index < -0.39 is 0 Å². The highest BCUT2D eigenvalue weighted by Crippen LogP contribution is 2.23. The molecule has 9 heteroatoms. The summed E-state index contributed by atoms with van der Waals surface area (Å²) in [6.07, 6.45) is 7.40. The summed E-state index contributed by atoms with van der Waals surface area (Å²) in [4.78, 5) is 28.3. The molecule has 2 amide bonds. The minimum atomic E-state index is -0.218. The lowest BCUT2D eigenvalue weighted by Gasteiger charge is -2.37. The summed E-state index contributed by atoms with van der Waals surface area (Å²) < 4.78 is 0. The van der Waals surface area contributed by atoms with Crippen molar-refractivity contribution >= 4 is 40.2 Å². The Kier molecular flexibility index (Phi) is 6.94. The van der Waals surface area contributed by atoms with E-state index in [-0.39, 0.29) is 12.1 Å². The van der Waals surface area contributed by atoms with Crippen LogP contribution in [0, 0.1) is 0 Å². The number of aromatic nitrogens is 3. The summed E-state index contributed by atoms with van der Waals surface area (Å²) >= 11 is 0. The van der Waals surface area contributed by atoms with Crippen LogP contribution in [0.15, 0.2) is 42.6 Å². The Morgan fingerprint density at radius 3 is 2.46 bits per heavy atom. The molecule has 9 nitrogen and oxygen atoms in total. The van der Waals surface area contributed by atoms with Gasteiger partial charge in [-0.1, -0.05) is 19.3 Å². The molecule has 0 bridgehead atoms. The van der Waals surface area contributed by atoms with Crippen molar-refractivity contribution in [3.8, 4) is 0 Å². The molecule has 1 aliphatic carbocycles. The second kappa shape index (κ2) is 10.4. The summed E-state index contributed by atoms with van der Waals surface area (Å²) in [6.45, 7) is 6.42. The number of fused-ring (bicyclic) bond motifs is 1. The summed E-state index contributed by atoms with van der Waals surface area (Å²) in [7, 11) is 0. The average molecular weight is 475 g/mol. The van der Waals surface area contributed by atoms with Gasteiger partial charge in [0, 0.05) is 54.2 Å². The Morgan fingerprint density at radius 1 is 0.971 bits per heavy atom. The second-order valence-electron chi connectivity index (χ2n) is 9.78. The molecule has 5 rings (SSSR count). The molecule has 2 aromatic heterocycles. The predicted molar refractivity (Wildman–Crippen MR) is 140 cm³/mol. The molecule has 2 atom stereocenters. The number of urea groups is 1. The number of rotatable bonds is 5. The van der Waals surface area contributed by atoms with E-state index in [1.165, 1.54) is 24.9 Å². The molecule has 1 aliphatic heterocycles. The fourth-order valence-corrected chi connectivity index (χ4v) is 5.05. The number of carbonyl (C=O) groups excluding carboxylic acids is 1. The summed E-state index contributed by atoms with van der Waals surface area (Å²) in [5, 5.41) is 13.5. The zero-order valence-electron chi connectivity index (χ0n) is 20.4. The fourth-order valence-electron chi connectivity index (χ4n) is 5.05. The summed E-state index contributed by atoms with van der Waals surface area (Å²) in [6, 6.07) is 12.9. The fraction of sp³-hybridized carbons (Fsp3) is 0.462. The summed E-state index contributed by atoms with van der Waals surface area (Å²) in [5.41, 5.74) is 2.64. The normalized spacial score (nSPS) is 21.0. The Morgan fingerprint density at radius 2 is 1.71 bits per heavy atom. The van der Waals surface area contributed by atoms with Crippen LogP contribution in [0.2, 0.25) is 0 Å². The predicted octanol–water partition coefficient (Wildman–Crippen LogP) is 4.41. The number of amides is 2. The van der Waals surface area contributed by atoms with Crippen LogP contribution < -0.4 is 26.2 Å². The van der Waals surface area contributed by atoms with Crippen molar-refractivity contribution in [3.63, 3.8) is 0 Å². The number of piperazine rings is 1. The first-order valence-corrected chi connectivity index (χ1v) is 12.6. The maximum atomic E-state index is 12.4. The molecule has 0 radical (unpaired) electrons. The van der Waals surface area contributed by atoms with Crippen LogP contribution in [0.1, 0.15) is 46.0 Å². The monoisotopic (exact) mass is 474 g/mol. The van der Waals surface area contributed by atoms with Gasteiger partial charge in [-0.3, -0.25) is 5.32 Å². The molecule has 35 heavy (non-hydrogen) atoms. The Balaban J connectivity index is 1.23. The van der Waals surface area contributed by atoms with E-state index in [2.05, 4.69) is 67.1 Å². The molecule has 2 aliphatic rings. The molecule has 1 saturated heterocycles. The van der Waals surface area contributed by atoms with E-state index in [0.29, 0.717) is 29.5 Å². The van der Waals surface area contributed by atoms with Gasteiger partial charge in [0.25, 0.3) is 0 Å². The molecule has 2 fully saturated rings. The largest absolute Gasteiger partial charge is 0.368 e. The van der Waals surface area contributed by atoms with Crippen molar-refractivity contribution in [2.45, 2.75) is 64.1 Å². The lowest BCUT2D eigenvalue weighted by atomic mass is 9.96. The highest BCUT2D eigenvalue weighted by atomic mass is 16.2. The molecule has 4 N–H and O–H groups in total. The molecule has 3 aromatic rings. The zero-order valence-corrected chi connectivity index (χ0v) is 20.4. The lowest BCUT2D eigenvalue weighted by molar-refractivity contribution is 0.244. The SMILES string of the molecule is CC1CN(c2ccc(Nc3ncc4ccc(NC(=O)NC5CCCCC5)nc4n3)cc2)CC(C)N1. The first kappa shape index (κ1) is 23.3. The van der Waals surface area contributed by atoms with Crippen LogP contribution in [-0.4, -0.2) is 52.2 Å². The smallest absolute Gasteiger partial charge is 0.320 e. The van der Waals surface area contributed by atoms with Crippen molar-refractivity contribution in [2.75, 3.05) is 28.6 Å². The number of anilines is 4. The van der Waals surface area contributed by atoms with Crippen LogP contribution in [-0.2, 0) is 0 Å². The van der Waals surface area contributed by atoms with Crippen LogP contribution in [0.5, 0.6) is 0 Å². The molecular weight excluding hydrogens is 440 g/mol. The van der Waals surface area contributed by atoms with E-state index in [9.17, 15) is 4.79 Å². The maximum Gasteiger partial charge on any atom is 0.320 e. The van der Waals surface area contributed by atoms with Gasteiger partial charge in [0.2, 0.25) is 5.95 Å². The Labute approximate surface area is 206 Å². The third-order valence-electron chi connectivity index (χ3n) is 6.67. The highest BCUT2D eigenvalue weighted by molar-refractivity contribution is 5.90. The van der Waals surface area contributed by atoms with Gasteiger partial charge < -0.3 is 20.9 Å². The molecule has 2 unspecified atom stereocenters. The van der Waals surface area contributed by atoms with Crippen LogP contribution in [0.4, 0.5) is 27.9 Å². The molecule has 1 saturated carbocycles. The minimum Gasteiger partial charge on any atom is -0.368 e. The van der Waals surface area contributed by atoms with Crippen molar-refractivity contribution in [1.29, 1.82) is 0 Å². The standard InChI is InChI=1S/C26H34N8O/c1-17-15-34(16-18(2)28-17)22-11-9-21(10-12-22)29-25-27-14-19-8-13-23(31-24(19)33-25)32-26(35)30-20-6-4-3-5-7-20/h8-14,17-18,20,28H,3-7,15-16H2,1-2H3,(H3,27,29,30,31,32,33,35). The lowest BCUT2D eigenvalue weighted by Crippen LogP contribution is -2.54. The molecule has 184 valence electrons. The average Bonchev–Trinajstić information content (AvgIpc) is 2.84. The van der Waals surface area contributed by atoms with Gasteiger partial charge in [0.1, 0.15) is 5.82 Å². The van der Waals surface area contributed by atoms with E-state index in [1.54, 1.807) is 12.3 Å². The van der Waals surface area contributed by atoms with Crippen LogP contribution in [0.25, 0.3) is 11.0 Å². The third kappa shape index (κ3) is 5.97. The first-order valence-electron chi connectivity index (χ1n) is 12.6. The number of nitrogens with one attached hydrogen (secondary N) is 4. The zero-order chi connectivity index (χ0) is 24.2. The quantitative estimate of drug-likeness (QED) is 0.434. The van der Waals surface area contributed by atoms with Gasteiger partial charge in [0.15, 0.2) is 5.65 Å². The van der Waals surface area contributed by atoms with Gasteiger partial charge in [-0.2, -0.15) is 4.98 Å². The highest BCUT2D eigenvalue weighted by Gasteiger charge is 2.21. The number of hydrogen-bond donors (Lipinski definition) is 4. The topological polar surface area (TPSA) is 107 Å². The molecular formula is C26H34N8O.